The zero-order valence-electron chi connectivity index (χ0n) is 9.18. The van der Waals surface area contributed by atoms with Crippen LogP contribution in [0.4, 0.5) is 0 Å². The molecule has 0 aliphatic carbocycles. The maximum atomic E-state index is 8.93. The zero-order chi connectivity index (χ0) is 12.9. The van der Waals surface area contributed by atoms with Crippen LogP contribution in [-0.2, 0) is 5.31 Å². The number of benzene rings is 1. The summed E-state index contributed by atoms with van der Waals surface area (Å²) in [6, 6.07) is 14.0. The maximum absolute atomic E-state index is 8.93. The third kappa shape index (κ3) is 2.26. The predicted molar refractivity (Wildman–Crippen MR) is 61.9 cm³/mol. The van der Waals surface area contributed by atoms with Crippen molar-refractivity contribution in [3.8, 4) is 24.3 Å². The molecule has 0 unspecified atom stereocenters. The summed E-state index contributed by atoms with van der Waals surface area (Å²) in [4.78, 5) is 0. The Hall–Kier alpha value is -2.76. The highest BCUT2D eigenvalue weighted by atomic mass is 14.4. The minimum Gasteiger partial charge on any atom is -0.197 e. The molecule has 78 valence electrons. The van der Waals surface area contributed by atoms with Crippen LogP contribution in [0.1, 0.15) is 17.0 Å². The second kappa shape index (κ2) is 4.85. The van der Waals surface area contributed by atoms with Gasteiger partial charge in [0.1, 0.15) is 5.31 Å². The number of rotatable bonds is 2. The lowest BCUT2D eigenvalue weighted by molar-refractivity contribution is 0.991. The van der Waals surface area contributed by atoms with E-state index >= 15 is 0 Å². The molecule has 0 saturated carbocycles. The highest BCUT2D eigenvalue weighted by Gasteiger charge is 2.25. The summed E-state index contributed by atoms with van der Waals surface area (Å²) in [6.45, 7) is 0. The van der Waals surface area contributed by atoms with Gasteiger partial charge in [-0.1, -0.05) is 24.3 Å². The molecular weight excluding hydrogens is 211 g/mol. The van der Waals surface area contributed by atoms with Crippen molar-refractivity contribution in [2.24, 2.45) is 0 Å². The fourth-order valence-corrected chi connectivity index (χ4v) is 1.34. The Bertz CT molecular complexity index is 549. The van der Waals surface area contributed by atoms with E-state index in [1.807, 2.05) is 24.3 Å². The van der Waals surface area contributed by atoms with Gasteiger partial charge >= 0.3 is 0 Å². The van der Waals surface area contributed by atoms with E-state index in [-0.39, 0.29) is 0 Å². The minimum atomic E-state index is -1.20. The smallest absolute Gasteiger partial charge is 0.158 e. The predicted octanol–water partition coefficient (Wildman–Crippen LogP) is 0.693. The summed E-state index contributed by atoms with van der Waals surface area (Å²) >= 11 is 0. The third-order valence-electron chi connectivity index (χ3n) is 2.53. The molecule has 4 nitrogen and oxygen atoms in total. The van der Waals surface area contributed by atoms with Gasteiger partial charge in [-0.2, -0.15) is 21.0 Å². The molecule has 0 aliphatic rings. The van der Waals surface area contributed by atoms with Crippen LogP contribution in [-0.4, -0.2) is 7.85 Å². The molecule has 0 spiro atoms. The highest BCUT2D eigenvalue weighted by Crippen LogP contribution is 2.22. The van der Waals surface area contributed by atoms with E-state index < -0.39 is 11.2 Å². The second-order valence-corrected chi connectivity index (χ2v) is 3.66. The van der Waals surface area contributed by atoms with Gasteiger partial charge in [-0.25, -0.2) is 0 Å². The highest BCUT2D eigenvalue weighted by molar-refractivity contribution is 6.20. The SMILES string of the molecule is BC(C#N)(C#N)c1ccc(C(C#N)C#N)cc1. The summed E-state index contributed by atoms with van der Waals surface area (Å²) < 4.78 is 0. The summed E-state index contributed by atoms with van der Waals surface area (Å²) in [6.07, 6.45) is 0. The average molecular weight is 218 g/mol. The van der Waals surface area contributed by atoms with Gasteiger partial charge < -0.3 is 0 Å². The monoisotopic (exact) mass is 218 g/mol. The number of hydrogen-bond donors (Lipinski definition) is 0. The normalized spacial score (nSPS) is 9.71. The summed E-state index contributed by atoms with van der Waals surface area (Å²) in [5.41, 5.74) is 1.12. The largest absolute Gasteiger partial charge is 0.197 e. The van der Waals surface area contributed by atoms with Crippen molar-refractivity contribution < 1.29 is 0 Å². The van der Waals surface area contributed by atoms with E-state index in [2.05, 4.69) is 0 Å². The molecule has 1 aromatic rings. The van der Waals surface area contributed by atoms with E-state index in [4.69, 9.17) is 21.0 Å². The van der Waals surface area contributed by atoms with E-state index in [1.54, 1.807) is 24.3 Å². The first-order valence-corrected chi connectivity index (χ1v) is 4.83. The quantitative estimate of drug-likeness (QED) is 0.682. The van der Waals surface area contributed by atoms with Crippen LogP contribution in [0.5, 0.6) is 0 Å². The van der Waals surface area contributed by atoms with Crippen LogP contribution >= 0.6 is 0 Å². The Morgan fingerprint density at radius 2 is 1.41 bits per heavy atom. The first-order valence-electron chi connectivity index (χ1n) is 4.83. The van der Waals surface area contributed by atoms with Gasteiger partial charge in [0.2, 0.25) is 0 Å². The average Bonchev–Trinajstić information content (AvgIpc) is 2.40. The summed E-state index contributed by atoms with van der Waals surface area (Å²) in [5.74, 6) is -0.820. The molecule has 1 rings (SSSR count). The molecule has 0 saturated heterocycles. The number of hydrogen-bond acceptors (Lipinski definition) is 4. The lowest BCUT2D eigenvalue weighted by Gasteiger charge is -2.13. The van der Waals surface area contributed by atoms with E-state index in [0.717, 1.165) is 0 Å². The van der Waals surface area contributed by atoms with Crippen LogP contribution in [0.3, 0.4) is 0 Å². The minimum absolute atomic E-state index is 0.556. The molecule has 5 heteroatoms. The number of nitrogens with zero attached hydrogens (tertiary/aromatic N) is 4. The van der Waals surface area contributed by atoms with Crippen molar-refractivity contribution in [3.05, 3.63) is 35.4 Å². The van der Waals surface area contributed by atoms with Crippen molar-refractivity contribution in [3.63, 3.8) is 0 Å². The molecule has 0 amide bonds. The molecule has 1 aromatic carbocycles. The van der Waals surface area contributed by atoms with Crippen molar-refractivity contribution in [2.45, 2.75) is 11.2 Å². The van der Waals surface area contributed by atoms with Crippen molar-refractivity contribution >= 4 is 7.85 Å². The molecule has 0 atom stereocenters. The Morgan fingerprint density at radius 3 is 1.76 bits per heavy atom. The van der Waals surface area contributed by atoms with Crippen LogP contribution in [0.25, 0.3) is 0 Å². The van der Waals surface area contributed by atoms with Crippen LogP contribution in [0.2, 0.25) is 0 Å². The Morgan fingerprint density at radius 1 is 0.941 bits per heavy atom. The molecule has 0 aromatic heterocycles. The van der Waals surface area contributed by atoms with Crippen LogP contribution in [0, 0.1) is 45.3 Å². The van der Waals surface area contributed by atoms with Crippen molar-refractivity contribution in [2.75, 3.05) is 0 Å². The zero-order valence-corrected chi connectivity index (χ0v) is 9.18. The van der Waals surface area contributed by atoms with Gasteiger partial charge in [-0.05, 0) is 11.1 Å². The van der Waals surface area contributed by atoms with Gasteiger partial charge in [-0.15, -0.1) is 0 Å². The van der Waals surface area contributed by atoms with E-state index in [1.165, 1.54) is 7.85 Å². The first-order chi connectivity index (χ1) is 8.11. The molecule has 0 fully saturated rings. The van der Waals surface area contributed by atoms with E-state index in [0.29, 0.717) is 11.1 Å². The second-order valence-electron chi connectivity index (χ2n) is 3.66. The van der Waals surface area contributed by atoms with Crippen molar-refractivity contribution in [1.29, 1.82) is 21.0 Å². The van der Waals surface area contributed by atoms with E-state index in [9.17, 15) is 0 Å². The molecule has 0 bridgehead atoms. The van der Waals surface area contributed by atoms with Crippen LogP contribution < -0.4 is 0 Å². The lowest BCUT2D eigenvalue weighted by Crippen LogP contribution is -2.21. The maximum Gasteiger partial charge on any atom is 0.158 e. The van der Waals surface area contributed by atoms with Gasteiger partial charge in [0.25, 0.3) is 0 Å². The molecule has 0 heterocycles. The molecular formula is C12H7BN4. The van der Waals surface area contributed by atoms with Gasteiger partial charge in [0.15, 0.2) is 13.8 Å². The fraction of sp³-hybridized carbons (Fsp3) is 0.167. The molecule has 0 radical (unpaired) electrons. The Balaban J connectivity index is 3.16. The van der Waals surface area contributed by atoms with Gasteiger partial charge in [0, 0.05) is 0 Å². The van der Waals surface area contributed by atoms with Crippen LogP contribution in [0.15, 0.2) is 24.3 Å². The van der Waals surface area contributed by atoms with Gasteiger partial charge in [-0.3, -0.25) is 0 Å². The Kier molecular flexibility index (Phi) is 3.51. The van der Waals surface area contributed by atoms with Crippen molar-refractivity contribution in [1.82, 2.24) is 0 Å². The van der Waals surface area contributed by atoms with Gasteiger partial charge in [0.05, 0.1) is 24.3 Å². The summed E-state index contributed by atoms with van der Waals surface area (Å²) in [5, 5.41) is 34.1. The summed E-state index contributed by atoms with van der Waals surface area (Å²) in [7, 11) is 1.52. The fourth-order valence-electron chi connectivity index (χ4n) is 1.34. The molecule has 0 aliphatic heterocycles. The molecule has 17 heavy (non-hydrogen) atoms. The Labute approximate surface area is 100 Å². The third-order valence-corrected chi connectivity index (χ3v) is 2.53. The number of nitriles is 4. The lowest BCUT2D eigenvalue weighted by atomic mass is 9.66. The molecule has 0 N–H and O–H groups in total. The first kappa shape index (κ1) is 12.3. The topological polar surface area (TPSA) is 95.2 Å². The standard InChI is InChI=1S/C12H7BN4/c13-12(7-16,8-17)11-3-1-9(2-4-11)10(5-14)6-15/h1-4,10H,13H2.